The molecule has 1 aliphatic rings. The Kier molecular flexibility index (Phi) is 5.80. The topological polar surface area (TPSA) is 21.3 Å². The molecule has 0 unspecified atom stereocenters. The van der Waals surface area contributed by atoms with E-state index < -0.39 is 0 Å². The molecule has 1 saturated heterocycles. The van der Waals surface area contributed by atoms with Gasteiger partial charge in [-0.3, -0.25) is 0 Å². The second-order valence-electron chi connectivity index (χ2n) is 5.29. The van der Waals surface area contributed by atoms with Crippen molar-refractivity contribution in [3.8, 4) is 0 Å². The summed E-state index contributed by atoms with van der Waals surface area (Å²) in [5.74, 6) is 0.179. The zero-order chi connectivity index (χ0) is 13.5. The second-order valence-corrected chi connectivity index (χ2v) is 5.29. The van der Waals surface area contributed by atoms with Gasteiger partial charge in [-0.25, -0.2) is 4.39 Å². The Bertz CT molecular complexity index is 366. The third-order valence-electron chi connectivity index (χ3n) is 3.79. The van der Waals surface area contributed by atoms with Crippen molar-refractivity contribution in [2.75, 3.05) is 19.7 Å². The predicted molar refractivity (Wildman–Crippen MR) is 75.9 cm³/mol. The number of rotatable bonds is 7. The molecule has 19 heavy (non-hydrogen) atoms. The second kappa shape index (κ2) is 7.61. The van der Waals surface area contributed by atoms with E-state index in [4.69, 9.17) is 4.74 Å². The minimum absolute atomic E-state index is 0.174. The largest absolute Gasteiger partial charge is 0.376 e. The summed E-state index contributed by atoms with van der Waals surface area (Å²) in [6, 6.07) is 6.82. The Morgan fingerprint density at radius 2 is 1.95 bits per heavy atom. The average molecular weight is 265 g/mol. The number of benzene rings is 1. The first-order chi connectivity index (χ1) is 9.31. The minimum Gasteiger partial charge on any atom is -0.376 e. The smallest absolute Gasteiger partial charge is 0.123 e. The van der Waals surface area contributed by atoms with Crippen molar-refractivity contribution in [2.45, 2.75) is 44.6 Å². The highest BCUT2D eigenvalue weighted by atomic mass is 19.1. The van der Waals surface area contributed by atoms with Gasteiger partial charge < -0.3 is 10.1 Å². The van der Waals surface area contributed by atoms with Crippen molar-refractivity contribution in [2.24, 2.45) is 0 Å². The molecule has 3 heteroatoms. The summed E-state index contributed by atoms with van der Waals surface area (Å²) in [7, 11) is 0. The molecule has 0 saturated carbocycles. The van der Waals surface area contributed by atoms with Gasteiger partial charge in [0, 0.05) is 25.6 Å². The number of hydrogen-bond acceptors (Lipinski definition) is 2. The molecule has 1 aromatic carbocycles. The van der Waals surface area contributed by atoms with E-state index in [-0.39, 0.29) is 11.9 Å². The van der Waals surface area contributed by atoms with Gasteiger partial charge in [0.05, 0.1) is 6.10 Å². The number of halogens is 1. The molecule has 2 nitrogen and oxygen atoms in total. The Morgan fingerprint density at radius 3 is 2.68 bits per heavy atom. The molecule has 1 heterocycles. The molecule has 2 atom stereocenters. The molecule has 1 N–H and O–H groups in total. The molecular formula is C16H24FNO. The monoisotopic (exact) mass is 265 g/mol. The van der Waals surface area contributed by atoms with E-state index >= 15 is 0 Å². The van der Waals surface area contributed by atoms with Gasteiger partial charge in [-0.2, -0.15) is 0 Å². The lowest BCUT2D eigenvalue weighted by molar-refractivity contribution is 0.0532. The number of ether oxygens (including phenoxy) is 1. The van der Waals surface area contributed by atoms with Crippen LogP contribution >= 0.6 is 0 Å². The maximum atomic E-state index is 12.9. The molecule has 0 radical (unpaired) electrons. The predicted octanol–water partition coefficient (Wildman–Crippen LogP) is 3.48. The van der Waals surface area contributed by atoms with E-state index in [9.17, 15) is 4.39 Å². The van der Waals surface area contributed by atoms with Gasteiger partial charge in [-0.1, -0.05) is 38.3 Å². The SMILES string of the molecule is CCCCCCO[C@@H]1CNC[C@H]1c1ccc(F)cc1. The fraction of sp³-hybridized carbons (Fsp3) is 0.625. The van der Waals surface area contributed by atoms with Crippen LogP contribution in [0.5, 0.6) is 0 Å². The Labute approximate surface area is 115 Å². The van der Waals surface area contributed by atoms with Crippen LogP contribution in [0, 0.1) is 5.82 Å². The molecule has 1 fully saturated rings. The zero-order valence-electron chi connectivity index (χ0n) is 11.7. The molecule has 1 aliphatic heterocycles. The molecule has 0 spiro atoms. The van der Waals surface area contributed by atoms with Gasteiger partial charge in [0.15, 0.2) is 0 Å². The average Bonchev–Trinajstić information content (AvgIpc) is 2.88. The van der Waals surface area contributed by atoms with Crippen LogP contribution in [0.3, 0.4) is 0 Å². The van der Waals surface area contributed by atoms with Gasteiger partial charge in [0.2, 0.25) is 0 Å². The molecule has 0 aromatic heterocycles. The van der Waals surface area contributed by atoms with E-state index in [2.05, 4.69) is 12.2 Å². The first kappa shape index (κ1) is 14.5. The normalized spacial score (nSPS) is 22.8. The summed E-state index contributed by atoms with van der Waals surface area (Å²) < 4.78 is 18.9. The maximum Gasteiger partial charge on any atom is 0.123 e. The quantitative estimate of drug-likeness (QED) is 0.762. The van der Waals surface area contributed by atoms with Crippen LogP contribution in [0.25, 0.3) is 0 Å². The van der Waals surface area contributed by atoms with E-state index in [0.29, 0.717) is 5.92 Å². The van der Waals surface area contributed by atoms with Gasteiger partial charge >= 0.3 is 0 Å². The Balaban J connectivity index is 1.81. The van der Waals surface area contributed by atoms with Gasteiger partial charge in [0.25, 0.3) is 0 Å². The molecule has 1 aromatic rings. The summed E-state index contributed by atoms with van der Waals surface area (Å²) in [5.41, 5.74) is 1.17. The summed E-state index contributed by atoms with van der Waals surface area (Å²) >= 11 is 0. The van der Waals surface area contributed by atoms with Crippen LogP contribution in [0.1, 0.15) is 44.1 Å². The van der Waals surface area contributed by atoms with Crippen molar-refractivity contribution in [1.29, 1.82) is 0 Å². The Morgan fingerprint density at radius 1 is 1.16 bits per heavy atom. The third kappa shape index (κ3) is 4.29. The fourth-order valence-corrected chi connectivity index (χ4v) is 2.64. The van der Waals surface area contributed by atoms with Crippen molar-refractivity contribution in [3.63, 3.8) is 0 Å². The third-order valence-corrected chi connectivity index (χ3v) is 3.79. The first-order valence-electron chi connectivity index (χ1n) is 7.39. The van der Waals surface area contributed by atoms with Crippen LogP contribution in [-0.4, -0.2) is 25.8 Å². The van der Waals surface area contributed by atoms with Crippen LogP contribution in [0.4, 0.5) is 4.39 Å². The van der Waals surface area contributed by atoms with Gasteiger partial charge in [-0.15, -0.1) is 0 Å². The minimum atomic E-state index is -0.174. The maximum absolute atomic E-state index is 12.9. The van der Waals surface area contributed by atoms with E-state index in [1.165, 1.54) is 37.0 Å². The highest BCUT2D eigenvalue weighted by molar-refractivity contribution is 5.23. The van der Waals surface area contributed by atoms with Crippen LogP contribution in [0.2, 0.25) is 0 Å². The summed E-state index contributed by atoms with van der Waals surface area (Å²) in [6.07, 6.45) is 5.15. The molecular weight excluding hydrogens is 241 g/mol. The number of nitrogens with one attached hydrogen (secondary N) is 1. The van der Waals surface area contributed by atoms with Gasteiger partial charge in [0.1, 0.15) is 5.82 Å². The highest BCUT2D eigenvalue weighted by Crippen LogP contribution is 2.25. The van der Waals surface area contributed by atoms with E-state index in [0.717, 1.165) is 26.1 Å². The standard InChI is InChI=1S/C16H24FNO/c1-2-3-4-5-10-19-16-12-18-11-15(16)13-6-8-14(17)9-7-13/h6-9,15-16,18H,2-5,10-12H2,1H3/t15-,16+/m0/s1. The molecule has 0 bridgehead atoms. The lowest BCUT2D eigenvalue weighted by Crippen LogP contribution is -2.22. The van der Waals surface area contributed by atoms with Crippen LogP contribution in [-0.2, 0) is 4.74 Å². The van der Waals surface area contributed by atoms with Crippen molar-refractivity contribution in [1.82, 2.24) is 5.32 Å². The van der Waals surface area contributed by atoms with Crippen molar-refractivity contribution < 1.29 is 9.13 Å². The molecule has 106 valence electrons. The van der Waals surface area contributed by atoms with E-state index in [1.54, 1.807) is 0 Å². The zero-order valence-corrected chi connectivity index (χ0v) is 11.7. The fourth-order valence-electron chi connectivity index (χ4n) is 2.64. The number of unbranched alkanes of at least 4 members (excludes halogenated alkanes) is 3. The number of hydrogen-bond donors (Lipinski definition) is 1. The molecule has 2 rings (SSSR count). The lowest BCUT2D eigenvalue weighted by atomic mass is 9.96. The first-order valence-corrected chi connectivity index (χ1v) is 7.39. The summed E-state index contributed by atoms with van der Waals surface area (Å²) in [5, 5.41) is 3.37. The summed E-state index contributed by atoms with van der Waals surface area (Å²) in [6.45, 7) is 4.87. The summed E-state index contributed by atoms with van der Waals surface area (Å²) in [4.78, 5) is 0. The molecule has 0 aliphatic carbocycles. The lowest BCUT2D eigenvalue weighted by Gasteiger charge is -2.19. The van der Waals surface area contributed by atoms with Crippen molar-refractivity contribution >= 4 is 0 Å². The van der Waals surface area contributed by atoms with Gasteiger partial charge in [-0.05, 0) is 24.1 Å². The Hall–Kier alpha value is -0.930. The molecule has 0 amide bonds. The van der Waals surface area contributed by atoms with Crippen LogP contribution < -0.4 is 5.32 Å². The highest BCUT2D eigenvalue weighted by Gasteiger charge is 2.28. The van der Waals surface area contributed by atoms with E-state index in [1.807, 2.05) is 12.1 Å². The van der Waals surface area contributed by atoms with Crippen molar-refractivity contribution in [3.05, 3.63) is 35.6 Å². The van der Waals surface area contributed by atoms with Crippen LogP contribution in [0.15, 0.2) is 24.3 Å².